The van der Waals surface area contributed by atoms with Crippen LogP contribution in [0.2, 0.25) is 0 Å². The van der Waals surface area contributed by atoms with Crippen molar-refractivity contribution >= 4 is 17.2 Å². The predicted octanol–water partition coefficient (Wildman–Crippen LogP) is 1.99. The summed E-state index contributed by atoms with van der Waals surface area (Å²) in [7, 11) is 1.63. The highest BCUT2D eigenvalue weighted by Gasteiger charge is 2.25. The lowest BCUT2D eigenvalue weighted by Crippen LogP contribution is -2.31. The number of thiazole rings is 1. The van der Waals surface area contributed by atoms with Crippen LogP contribution in [-0.2, 0) is 0 Å². The van der Waals surface area contributed by atoms with Gasteiger partial charge in [0.25, 0.3) is 5.91 Å². The van der Waals surface area contributed by atoms with E-state index in [4.69, 9.17) is 10.5 Å². The molecule has 1 amide bonds. The maximum Gasteiger partial charge on any atom is 0.265 e. The van der Waals surface area contributed by atoms with E-state index in [2.05, 4.69) is 4.98 Å². The van der Waals surface area contributed by atoms with Gasteiger partial charge in [0.2, 0.25) is 0 Å². The van der Waals surface area contributed by atoms with Gasteiger partial charge in [0.1, 0.15) is 15.6 Å². The molecule has 1 atom stereocenters. The van der Waals surface area contributed by atoms with Crippen molar-refractivity contribution in [1.29, 1.82) is 0 Å². The number of likely N-dealkylation sites (tertiary alicyclic amines) is 1. The summed E-state index contributed by atoms with van der Waals surface area (Å²) in [4.78, 5) is 19.2. The number of carbonyl (C=O) groups is 1. The highest BCUT2D eigenvalue weighted by Crippen LogP contribution is 2.28. The number of methoxy groups -OCH3 is 1. The molecule has 1 saturated heterocycles. The number of nitrogens with two attached hydrogens (primary N) is 1. The number of amides is 1. The highest BCUT2D eigenvalue weighted by atomic mass is 32.1. The fraction of sp³-hybridized carbons (Fsp3) is 0.333. The second-order valence-electron chi connectivity index (χ2n) is 5.06. The Hall–Kier alpha value is -1.92. The number of carbonyl (C=O) groups excluding carboxylic acids is 1. The van der Waals surface area contributed by atoms with Gasteiger partial charge in [-0.05, 0) is 30.7 Å². The molecule has 6 heteroatoms. The van der Waals surface area contributed by atoms with E-state index in [0.717, 1.165) is 29.3 Å². The van der Waals surface area contributed by atoms with Crippen molar-refractivity contribution < 1.29 is 9.53 Å². The van der Waals surface area contributed by atoms with Crippen molar-refractivity contribution in [3.63, 3.8) is 0 Å². The van der Waals surface area contributed by atoms with Gasteiger partial charge >= 0.3 is 0 Å². The van der Waals surface area contributed by atoms with Crippen LogP contribution < -0.4 is 10.5 Å². The molecular formula is C15H17N3O2S. The van der Waals surface area contributed by atoms with Crippen LogP contribution in [0.5, 0.6) is 5.75 Å². The molecule has 0 radical (unpaired) electrons. The van der Waals surface area contributed by atoms with Gasteiger partial charge in [-0.25, -0.2) is 4.98 Å². The van der Waals surface area contributed by atoms with Crippen LogP contribution in [0.1, 0.15) is 16.1 Å². The third kappa shape index (κ3) is 2.91. The van der Waals surface area contributed by atoms with Gasteiger partial charge in [-0.15, -0.1) is 11.3 Å². The molecule has 1 aromatic heterocycles. The molecule has 0 saturated carbocycles. The number of ether oxygens (including phenoxy) is 1. The zero-order valence-electron chi connectivity index (χ0n) is 11.8. The Morgan fingerprint density at radius 3 is 2.81 bits per heavy atom. The van der Waals surface area contributed by atoms with Crippen LogP contribution in [0.3, 0.4) is 0 Å². The van der Waals surface area contributed by atoms with Gasteiger partial charge in [0.05, 0.1) is 13.3 Å². The normalized spacial score (nSPS) is 18.0. The Bertz CT molecular complexity index is 639. The minimum absolute atomic E-state index is 0.0280. The topological polar surface area (TPSA) is 68.5 Å². The van der Waals surface area contributed by atoms with Crippen molar-refractivity contribution in [3.05, 3.63) is 35.3 Å². The minimum Gasteiger partial charge on any atom is -0.497 e. The van der Waals surface area contributed by atoms with E-state index >= 15 is 0 Å². The molecule has 0 unspecified atom stereocenters. The smallest absolute Gasteiger partial charge is 0.265 e. The molecule has 1 aliphatic heterocycles. The molecule has 2 heterocycles. The lowest BCUT2D eigenvalue weighted by molar-refractivity contribution is 0.0795. The minimum atomic E-state index is 0.0280. The number of hydrogen-bond acceptors (Lipinski definition) is 5. The third-order valence-corrected chi connectivity index (χ3v) is 4.60. The van der Waals surface area contributed by atoms with Gasteiger partial charge < -0.3 is 15.4 Å². The van der Waals surface area contributed by atoms with Crippen LogP contribution in [-0.4, -0.2) is 42.0 Å². The van der Waals surface area contributed by atoms with Crippen LogP contribution >= 0.6 is 11.3 Å². The van der Waals surface area contributed by atoms with E-state index in [9.17, 15) is 4.79 Å². The van der Waals surface area contributed by atoms with Crippen LogP contribution in [0.25, 0.3) is 10.6 Å². The molecular weight excluding hydrogens is 286 g/mol. The summed E-state index contributed by atoms with van der Waals surface area (Å²) in [6.45, 7) is 1.37. The lowest BCUT2D eigenvalue weighted by Gasteiger charge is -2.13. The van der Waals surface area contributed by atoms with Gasteiger partial charge in [-0.1, -0.05) is 0 Å². The van der Waals surface area contributed by atoms with Crippen molar-refractivity contribution in [1.82, 2.24) is 9.88 Å². The van der Waals surface area contributed by atoms with E-state index in [1.165, 1.54) is 11.3 Å². The fourth-order valence-electron chi connectivity index (χ4n) is 2.37. The Labute approximate surface area is 127 Å². The summed E-state index contributed by atoms with van der Waals surface area (Å²) in [5, 5.41) is 0.837. The first-order chi connectivity index (χ1) is 10.2. The molecule has 5 nitrogen and oxygen atoms in total. The first kappa shape index (κ1) is 14.0. The summed E-state index contributed by atoms with van der Waals surface area (Å²) in [5.74, 6) is 0.831. The summed E-state index contributed by atoms with van der Waals surface area (Å²) < 4.78 is 5.14. The standard InChI is InChI=1S/C15H17N3O2S/c1-20-12-4-2-10(3-5-12)14-17-8-13(21-14)15(19)18-7-6-11(16)9-18/h2-5,8,11H,6-7,9,16H2,1H3/t11-/m1/s1. The van der Waals surface area contributed by atoms with E-state index in [-0.39, 0.29) is 11.9 Å². The summed E-state index contributed by atoms with van der Waals surface area (Å²) >= 11 is 1.41. The molecule has 0 spiro atoms. The number of rotatable bonds is 3. The van der Waals surface area contributed by atoms with Crippen LogP contribution in [0, 0.1) is 0 Å². The SMILES string of the molecule is COc1ccc(-c2ncc(C(=O)N3CC[C@@H](N)C3)s2)cc1. The monoisotopic (exact) mass is 303 g/mol. The maximum atomic E-state index is 12.4. The van der Waals surface area contributed by atoms with Gasteiger partial charge in [0.15, 0.2) is 0 Å². The molecule has 110 valence electrons. The first-order valence-electron chi connectivity index (χ1n) is 6.82. The predicted molar refractivity (Wildman–Crippen MR) is 82.6 cm³/mol. The van der Waals surface area contributed by atoms with Crippen LogP contribution in [0.15, 0.2) is 30.5 Å². The molecule has 1 aromatic carbocycles. The Balaban J connectivity index is 1.77. The molecule has 2 N–H and O–H groups in total. The zero-order valence-corrected chi connectivity index (χ0v) is 12.6. The average molecular weight is 303 g/mol. The Kier molecular flexibility index (Phi) is 3.90. The van der Waals surface area contributed by atoms with E-state index in [1.807, 2.05) is 24.3 Å². The molecule has 2 aromatic rings. The molecule has 1 aliphatic rings. The molecule has 3 rings (SSSR count). The summed E-state index contributed by atoms with van der Waals surface area (Å²) in [5.41, 5.74) is 6.83. The van der Waals surface area contributed by atoms with Crippen molar-refractivity contribution in [2.45, 2.75) is 12.5 Å². The Morgan fingerprint density at radius 1 is 1.43 bits per heavy atom. The van der Waals surface area contributed by atoms with E-state index < -0.39 is 0 Å². The first-order valence-corrected chi connectivity index (χ1v) is 7.64. The second-order valence-corrected chi connectivity index (χ2v) is 6.09. The molecule has 0 aliphatic carbocycles. The third-order valence-electron chi connectivity index (χ3n) is 3.57. The number of aromatic nitrogens is 1. The number of hydrogen-bond donors (Lipinski definition) is 1. The number of nitrogens with zero attached hydrogens (tertiary/aromatic N) is 2. The average Bonchev–Trinajstić information content (AvgIpc) is 3.16. The van der Waals surface area contributed by atoms with E-state index in [1.54, 1.807) is 18.2 Å². The summed E-state index contributed by atoms with van der Waals surface area (Å²) in [6, 6.07) is 7.76. The van der Waals surface area contributed by atoms with Crippen molar-refractivity contribution in [2.24, 2.45) is 5.73 Å². The molecule has 0 bridgehead atoms. The van der Waals surface area contributed by atoms with Crippen LogP contribution in [0.4, 0.5) is 0 Å². The lowest BCUT2D eigenvalue weighted by atomic mass is 10.2. The second kappa shape index (κ2) is 5.83. The largest absolute Gasteiger partial charge is 0.497 e. The Morgan fingerprint density at radius 2 is 2.19 bits per heavy atom. The van der Waals surface area contributed by atoms with Crippen molar-refractivity contribution in [2.75, 3.05) is 20.2 Å². The molecule has 1 fully saturated rings. The zero-order chi connectivity index (χ0) is 14.8. The summed E-state index contributed by atoms with van der Waals surface area (Å²) in [6.07, 6.45) is 2.52. The van der Waals surface area contributed by atoms with Gasteiger partial charge in [-0.3, -0.25) is 4.79 Å². The highest BCUT2D eigenvalue weighted by molar-refractivity contribution is 7.16. The number of benzene rings is 1. The van der Waals surface area contributed by atoms with E-state index in [0.29, 0.717) is 11.4 Å². The fourth-order valence-corrected chi connectivity index (χ4v) is 3.26. The van der Waals surface area contributed by atoms with Gasteiger partial charge in [0, 0.05) is 24.7 Å². The molecule has 21 heavy (non-hydrogen) atoms. The van der Waals surface area contributed by atoms with Crippen molar-refractivity contribution in [3.8, 4) is 16.3 Å². The quantitative estimate of drug-likeness (QED) is 0.941. The maximum absolute atomic E-state index is 12.4. The van der Waals surface area contributed by atoms with Gasteiger partial charge in [-0.2, -0.15) is 0 Å².